The highest BCUT2D eigenvalue weighted by molar-refractivity contribution is 9.10. The van der Waals surface area contributed by atoms with Crippen molar-refractivity contribution >= 4 is 15.9 Å². The van der Waals surface area contributed by atoms with E-state index < -0.39 is 0 Å². The predicted molar refractivity (Wildman–Crippen MR) is 62.4 cm³/mol. The molecule has 1 aliphatic carbocycles. The number of imidazole rings is 1. The second-order valence-electron chi connectivity index (χ2n) is 3.66. The van der Waals surface area contributed by atoms with Crippen LogP contribution in [-0.2, 0) is 13.0 Å². The molecule has 0 saturated heterocycles. The molecule has 0 atom stereocenters. The topological polar surface area (TPSA) is 54.7 Å². The molecule has 3 nitrogen and oxygen atoms in total. The molecule has 0 bridgehead atoms. The highest BCUT2D eigenvalue weighted by Crippen LogP contribution is 2.38. The minimum absolute atomic E-state index is 0.469. The van der Waals surface area contributed by atoms with Crippen LogP contribution >= 0.6 is 15.9 Å². The summed E-state index contributed by atoms with van der Waals surface area (Å²) in [7, 11) is 0. The van der Waals surface area contributed by atoms with E-state index in [1.54, 1.807) is 0 Å². The fourth-order valence-electron chi connectivity index (χ4n) is 2.05. The number of nitrogens with zero attached hydrogens (tertiary/aromatic N) is 1. The van der Waals surface area contributed by atoms with E-state index in [2.05, 4.69) is 38.0 Å². The first kappa shape index (κ1) is 9.12. The predicted octanol–water partition coefficient (Wildman–Crippen LogP) is 2.20. The lowest BCUT2D eigenvalue weighted by atomic mass is 10.1. The van der Waals surface area contributed by atoms with E-state index in [0.717, 1.165) is 22.4 Å². The van der Waals surface area contributed by atoms with Gasteiger partial charge in [-0.15, -0.1) is 0 Å². The smallest absolute Gasteiger partial charge is 0.120 e. The molecule has 3 rings (SSSR count). The third kappa shape index (κ3) is 1.25. The standard InChI is InChI=1S/C11H10BrN3/c12-8-3-1-2-6-7(8)4-9-11(6)15-10(5-13)14-9/h1-3H,4-5,13H2,(H,14,15). The molecule has 0 unspecified atom stereocenters. The molecule has 0 aliphatic heterocycles. The number of H-pyrrole nitrogens is 1. The van der Waals surface area contributed by atoms with Gasteiger partial charge in [-0.1, -0.05) is 28.1 Å². The van der Waals surface area contributed by atoms with E-state index in [1.165, 1.54) is 16.8 Å². The van der Waals surface area contributed by atoms with Crippen LogP contribution in [0.4, 0.5) is 0 Å². The summed E-state index contributed by atoms with van der Waals surface area (Å²) in [5, 5.41) is 0. The van der Waals surface area contributed by atoms with Gasteiger partial charge in [0.15, 0.2) is 0 Å². The summed E-state index contributed by atoms with van der Waals surface area (Å²) >= 11 is 3.56. The van der Waals surface area contributed by atoms with Crippen molar-refractivity contribution < 1.29 is 0 Å². The Morgan fingerprint density at radius 1 is 1.47 bits per heavy atom. The van der Waals surface area contributed by atoms with Crippen molar-refractivity contribution in [2.24, 2.45) is 5.73 Å². The molecule has 0 amide bonds. The van der Waals surface area contributed by atoms with Gasteiger partial charge in [-0.2, -0.15) is 0 Å². The Bertz CT molecular complexity index is 531. The van der Waals surface area contributed by atoms with Gasteiger partial charge < -0.3 is 10.7 Å². The first-order chi connectivity index (χ1) is 7.29. The van der Waals surface area contributed by atoms with Crippen LogP contribution in [0.3, 0.4) is 0 Å². The number of halogens is 1. The van der Waals surface area contributed by atoms with E-state index in [0.29, 0.717) is 6.54 Å². The number of hydrogen-bond acceptors (Lipinski definition) is 2. The summed E-state index contributed by atoms with van der Waals surface area (Å²) in [5.74, 6) is 0.866. The molecule has 0 fully saturated rings. The third-order valence-electron chi connectivity index (χ3n) is 2.75. The molecule has 1 aliphatic rings. The number of aromatic amines is 1. The van der Waals surface area contributed by atoms with Gasteiger partial charge >= 0.3 is 0 Å². The molecule has 0 radical (unpaired) electrons. The fourth-order valence-corrected chi connectivity index (χ4v) is 2.55. The van der Waals surface area contributed by atoms with Crippen molar-refractivity contribution in [2.45, 2.75) is 13.0 Å². The van der Waals surface area contributed by atoms with Crippen molar-refractivity contribution in [3.05, 3.63) is 39.8 Å². The van der Waals surface area contributed by atoms with Crippen molar-refractivity contribution in [3.8, 4) is 11.3 Å². The maximum absolute atomic E-state index is 5.56. The van der Waals surface area contributed by atoms with Gasteiger partial charge in [0.1, 0.15) is 5.82 Å². The molecular weight excluding hydrogens is 254 g/mol. The first-order valence-corrected chi connectivity index (χ1v) is 5.64. The molecule has 0 spiro atoms. The van der Waals surface area contributed by atoms with Gasteiger partial charge in [0, 0.05) is 22.2 Å². The van der Waals surface area contributed by atoms with Gasteiger partial charge in [0.2, 0.25) is 0 Å². The highest BCUT2D eigenvalue weighted by Gasteiger charge is 2.23. The minimum atomic E-state index is 0.469. The van der Waals surface area contributed by atoms with E-state index in [9.17, 15) is 0 Å². The monoisotopic (exact) mass is 263 g/mol. The largest absolute Gasteiger partial charge is 0.344 e. The van der Waals surface area contributed by atoms with Crippen LogP contribution in [0, 0.1) is 0 Å². The maximum atomic E-state index is 5.56. The average Bonchev–Trinajstić information content (AvgIpc) is 2.76. The Balaban J connectivity index is 2.21. The minimum Gasteiger partial charge on any atom is -0.344 e. The lowest BCUT2D eigenvalue weighted by Gasteiger charge is -2.01. The highest BCUT2D eigenvalue weighted by atomic mass is 79.9. The Morgan fingerprint density at radius 2 is 2.33 bits per heavy atom. The number of hydrogen-bond donors (Lipinski definition) is 2. The van der Waals surface area contributed by atoms with Gasteiger partial charge in [-0.3, -0.25) is 0 Å². The molecule has 76 valence electrons. The average molecular weight is 264 g/mol. The van der Waals surface area contributed by atoms with Crippen LogP contribution in [0.15, 0.2) is 22.7 Å². The maximum Gasteiger partial charge on any atom is 0.120 e. The Hall–Kier alpha value is -1.13. The molecule has 1 aromatic heterocycles. The fraction of sp³-hybridized carbons (Fsp3) is 0.182. The molecule has 15 heavy (non-hydrogen) atoms. The first-order valence-electron chi connectivity index (χ1n) is 4.85. The van der Waals surface area contributed by atoms with Crippen molar-refractivity contribution in [3.63, 3.8) is 0 Å². The van der Waals surface area contributed by atoms with Gasteiger partial charge in [-0.05, 0) is 11.6 Å². The van der Waals surface area contributed by atoms with Crippen molar-refractivity contribution in [1.82, 2.24) is 9.97 Å². The summed E-state index contributed by atoms with van der Waals surface area (Å²) < 4.78 is 1.15. The molecule has 3 N–H and O–H groups in total. The summed E-state index contributed by atoms with van der Waals surface area (Å²) in [4.78, 5) is 7.75. The van der Waals surface area contributed by atoms with E-state index >= 15 is 0 Å². The van der Waals surface area contributed by atoms with Crippen LogP contribution in [0.1, 0.15) is 17.1 Å². The summed E-state index contributed by atoms with van der Waals surface area (Å²) in [5.41, 5.74) is 10.3. The zero-order valence-electron chi connectivity index (χ0n) is 8.05. The van der Waals surface area contributed by atoms with E-state index in [-0.39, 0.29) is 0 Å². The van der Waals surface area contributed by atoms with E-state index in [4.69, 9.17) is 5.73 Å². The zero-order valence-corrected chi connectivity index (χ0v) is 9.63. The Labute approximate surface area is 95.8 Å². The van der Waals surface area contributed by atoms with Gasteiger partial charge in [0.25, 0.3) is 0 Å². The number of nitrogens with two attached hydrogens (primary N) is 1. The number of nitrogens with one attached hydrogen (secondary N) is 1. The van der Waals surface area contributed by atoms with Crippen LogP contribution < -0.4 is 5.73 Å². The number of rotatable bonds is 1. The SMILES string of the molecule is NCc1nc2c([nH]1)Cc1c(Br)cccc1-2. The quantitative estimate of drug-likeness (QED) is 0.708. The lowest BCUT2D eigenvalue weighted by Crippen LogP contribution is -1.99. The Morgan fingerprint density at radius 3 is 3.13 bits per heavy atom. The summed E-state index contributed by atoms with van der Waals surface area (Å²) in [6.45, 7) is 0.469. The molecule has 0 saturated carbocycles. The number of fused-ring (bicyclic) bond motifs is 3. The second kappa shape index (κ2) is 3.18. The molecule has 1 aromatic carbocycles. The summed E-state index contributed by atoms with van der Waals surface area (Å²) in [6, 6.07) is 6.20. The summed E-state index contributed by atoms with van der Waals surface area (Å²) in [6.07, 6.45) is 0.916. The van der Waals surface area contributed by atoms with Crippen molar-refractivity contribution in [1.29, 1.82) is 0 Å². The molecule has 1 heterocycles. The molecule has 2 aromatic rings. The van der Waals surface area contributed by atoms with Crippen LogP contribution in [-0.4, -0.2) is 9.97 Å². The number of benzene rings is 1. The zero-order chi connectivity index (χ0) is 10.4. The van der Waals surface area contributed by atoms with Gasteiger partial charge in [-0.25, -0.2) is 4.98 Å². The number of aromatic nitrogens is 2. The Kier molecular flexibility index (Phi) is 1.94. The molecular formula is C11H10BrN3. The lowest BCUT2D eigenvalue weighted by molar-refractivity contribution is 0.934. The third-order valence-corrected chi connectivity index (χ3v) is 3.49. The van der Waals surface area contributed by atoms with Crippen molar-refractivity contribution in [2.75, 3.05) is 0 Å². The van der Waals surface area contributed by atoms with Crippen LogP contribution in [0.2, 0.25) is 0 Å². The van der Waals surface area contributed by atoms with Gasteiger partial charge in [0.05, 0.1) is 12.2 Å². The normalized spacial score (nSPS) is 12.7. The van der Waals surface area contributed by atoms with Crippen LogP contribution in [0.25, 0.3) is 11.3 Å². The second-order valence-corrected chi connectivity index (χ2v) is 4.51. The van der Waals surface area contributed by atoms with Crippen LogP contribution in [0.5, 0.6) is 0 Å². The van der Waals surface area contributed by atoms with E-state index in [1.807, 2.05) is 6.07 Å². The molecule has 4 heteroatoms.